The molecular formula is C13H14N2O3. The van der Waals surface area contributed by atoms with Crippen molar-refractivity contribution in [2.75, 3.05) is 0 Å². The summed E-state index contributed by atoms with van der Waals surface area (Å²) in [6.45, 7) is 2.49. The number of furan rings is 1. The second kappa shape index (κ2) is 5.46. The molecule has 5 nitrogen and oxygen atoms in total. The minimum atomic E-state index is -0.981. The standard InChI is InChI=1S/C13H14N2O3/c1-9(10-3-2-4-14-6-10)15-7-12-5-11(8-18-12)13(16)17/h2-6,8-9,15H,7H2,1H3,(H,16,17)/t9-/m1/s1. The van der Waals surface area contributed by atoms with E-state index in [4.69, 9.17) is 9.52 Å². The van der Waals surface area contributed by atoms with E-state index < -0.39 is 5.97 Å². The van der Waals surface area contributed by atoms with E-state index >= 15 is 0 Å². The predicted molar refractivity (Wildman–Crippen MR) is 65.2 cm³/mol. The van der Waals surface area contributed by atoms with Crippen LogP contribution < -0.4 is 5.32 Å². The van der Waals surface area contributed by atoms with Crippen LogP contribution in [0.25, 0.3) is 0 Å². The first kappa shape index (κ1) is 12.3. The molecule has 2 aromatic rings. The van der Waals surface area contributed by atoms with E-state index in [0.717, 1.165) is 5.56 Å². The number of rotatable bonds is 5. The fourth-order valence-electron chi connectivity index (χ4n) is 1.59. The lowest BCUT2D eigenvalue weighted by molar-refractivity contribution is 0.0696. The van der Waals surface area contributed by atoms with E-state index in [-0.39, 0.29) is 11.6 Å². The molecule has 94 valence electrons. The summed E-state index contributed by atoms with van der Waals surface area (Å²) in [6, 6.07) is 5.50. The van der Waals surface area contributed by atoms with Crippen LogP contribution in [-0.4, -0.2) is 16.1 Å². The van der Waals surface area contributed by atoms with E-state index in [1.54, 1.807) is 12.4 Å². The minimum absolute atomic E-state index is 0.122. The Morgan fingerprint density at radius 1 is 1.61 bits per heavy atom. The number of pyridine rings is 1. The molecule has 1 atom stereocenters. The lowest BCUT2D eigenvalue weighted by atomic mass is 10.1. The van der Waals surface area contributed by atoms with Gasteiger partial charge in [-0.1, -0.05) is 6.07 Å². The Bertz CT molecular complexity index is 522. The number of carboxylic acids is 1. The molecule has 2 N–H and O–H groups in total. The van der Waals surface area contributed by atoms with Crippen LogP contribution in [0.4, 0.5) is 0 Å². The molecule has 0 aliphatic carbocycles. The van der Waals surface area contributed by atoms with Crippen molar-refractivity contribution in [3.05, 3.63) is 53.7 Å². The number of carboxylic acid groups (broad SMARTS) is 1. The van der Waals surface area contributed by atoms with Crippen molar-refractivity contribution in [3.63, 3.8) is 0 Å². The second-order valence-electron chi connectivity index (χ2n) is 4.00. The highest BCUT2D eigenvalue weighted by Gasteiger charge is 2.10. The number of carbonyl (C=O) groups is 1. The summed E-state index contributed by atoms with van der Waals surface area (Å²) in [6.07, 6.45) is 4.76. The highest BCUT2D eigenvalue weighted by atomic mass is 16.4. The molecule has 2 rings (SSSR count). The zero-order valence-corrected chi connectivity index (χ0v) is 9.96. The fraction of sp³-hybridized carbons (Fsp3) is 0.231. The third-order valence-corrected chi connectivity index (χ3v) is 2.67. The SMILES string of the molecule is C[C@@H](NCc1cc(C(=O)O)co1)c1cccnc1. The third-order valence-electron chi connectivity index (χ3n) is 2.67. The predicted octanol–water partition coefficient (Wildman–Crippen LogP) is 2.22. The Morgan fingerprint density at radius 2 is 2.44 bits per heavy atom. The van der Waals surface area contributed by atoms with Gasteiger partial charge in [-0.2, -0.15) is 0 Å². The van der Waals surface area contributed by atoms with Gasteiger partial charge in [0.15, 0.2) is 0 Å². The second-order valence-corrected chi connectivity index (χ2v) is 4.00. The average Bonchev–Trinajstić information content (AvgIpc) is 2.86. The van der Waals surface area contributed by atoms with E-state index in [2.05, 4.69) is 10.3 Å². The van der Waals surface area contributed by atoms with Gasteiger partial charge in [-0.3, -0.25) is 4.98 Å². The molecule has 0 aromatic carbocycles. The first-order valence-corrected chi connectivity index (χ1v) is 5.61. The van der Waals surface area contributed by atoms with Crippen LogP contribution in [0.2, 0.25) is 0 Å². The Hall–Kier alpha value is -2.14. The van der Waals surface area contributed by atoms with Gasteiger partial charge in [0.05, 0.1) is 12.1 Å². The molecule has 18 heavy (non-hydrogen) atoms. The Balaban J connectivity index is 1.93. The summed E-state index contributed by atoms with van der Waals surface area (Å²) in [7, 11) is 0. The molecule has 0 spiro atoms. The van der Waals surface area contributed by atoms with E-state index in [0.29, 0.717) is 12.3 Å². The summed E-state index contributed by atoms with van der Waals surface area (Å²) < 4.78 is 5.15. The van der Waals surface area contributed by atoms with Crippen LogP contribution in [0.3, 0.4) is 0 Å². The molecule has 0 radical (unpaired) electrons. The maximum atomic E-state index is 10.7. The van der Waals surface area contributed by atoms with Crippen LogP contribution >= 0.6 is 0 Å². The van der Waals surface area contributed by atoms with Gasteiger partial charge < -0.3 is 14.8 Å². The first-order chi connectivity index (χ1) is 8.66. The summed E-state index contributed by atoms with van der Waals surface area (Å²) in [5.41, 5.74) is 1.24. The van der Waals surface area contributed by atoms with Crippen LogP contribution in [0.15, 0.2) is 41.3 Å². The fourth-order valence-corrected chi connectivity index (χ4v) is 1.59. The molecule has 0 amide bonds. The molecular weight excluding hydrogens is 232 g/mol. The molecule has 0 aliphatic heterocycles. The zero-order valence-electron chi connectivity index (χ0n) is 9.96. The van der Waals surface area contributed by atoms with E-state index in [9.17, 15) is 4.79 Å². The van der Waals surface area contributed by atoms with Gasteiger partial charge in [0, 0.05) is 18.4 Å². The van der Waals surface area contributed by atoms with Gasteiger partial charge in [0.2, 0.25) is 0 Å². The van der Waals surface area contributed by atoms with Gasteiger partial charge in [-0.25, -0.2) is 4.79 Å². The van der Waals surface area contributed by atoms with Crippen LogP contribution in [-0.2, 0) is 6.54 Å². The average molecular weight is 246 g/mol. The molecule has 0 unspecified atom stereocenters. The maximum absolute atomic E-state index is 10.7. The van der Waals surface area contributed by atoms with E-state index in [1.165, 1.54) is 12.3 Å². The van der Waals surface area contributed by atoms with Gasteiger partial charge in [-0.15, -0.1) is 0 Å². The Morgan fingerprint density at radius 3 is 3.06 bits per heavy atom. The molecule has 0 saturated carbocycles. The maximum Gasteiger partial charge on any atom is 0.338 e. The lowest BCUT2D eigenvalue weighted by Gasteiger charge is -2.12. The smallest absolute Gasteiger partial charge is 0.338 e. The molecule has 0 bridgehead atoms. The van der Waals surface area contributed by atoms with Crippen LogP contribution in [0.5, 0.6) is 0 Å². The number of nitrogens with zero attached hydrogens (tertiary/aromatic N) is 1. The van der Waals surface area contributed by atoms with Crippen molar-refractivity contribution < 1.29 is 14.3 Å². The number of aromatic carboxylic acids is 1. The molecule has 2 heterocycles. The summed E-state index contributed by atoms with van der Waals surface area (Å²) in [5.74, 6) is -0.381. The number of hydrogen-bond donors (Lipinski definition) is 2. The van der Waals surface area contributed by atoms with Crippen molar-refractivity contribution >= 4 is 5.97 Å². The van der Waals surface area contributed by atoms with Crippen molar-refractivity contribution in [1.82, 2.24) is 10.3 Å². The molecule has 0 saturated heterocycles. The van der Waals surface area contributed by atoms with Crippen molar-refractivity contribution in [1.29, 1.82) is 0 Å². The van der Waals surface area contributed by atoms with Gasteiger partial charge >= 0.3 is 5.97 Å². The highest BCUT2D eigenvalue weighted by Crippen LogP contribution is 2.12. The largest absolute Gasteiger partial charge is 0.478 e. The van der Waals surface area contributed by atoms with Gasteiger partial charge in [0.1, 0.15) is 12.0 Å². The van der Waals surface area contributed by atoms with Crippen molar-refractivity contribution in [2.45, 2.75) is 19.5 Å². The molecule has 2 aromatic heterocycles. The van der Waals surface area contributed by atoms with E-state index in [1.807, 2.05) is 19.1 Å². The van der Waals surface area contributed by atoms with Gasteiger partial charge in [-0.05, 0) is 24.6 Å². The Labute approximate surface area is 104 Å². The Kier molecular flexibility index (Phi) is 3.74. The molecule has 0 aliphatic rings. The quantitative estimate of drug-likeness (QED) is 0.846. The van der Waals surface area contributed by atoms with Crippen LogP contribution in [0, 0.1) is 0 Å². The first-order valence-electron chi connectivity index (χ1n) is 5.61. The molecule has 5 heteroatoms. The lowest BCUT2D eigenvalue weighted by Crippen LogP contribution is -2.17. The summed E-state index contributed by atoms with van der Waals surface area (Å²) in [5, 5.41) is 12.0. The number of aromatic nitrogens is 1. The summed E-state index contributed by atoms with van der Waals surface area (Å²) in [4.78, 5) is 14.7. The third kappa shape index (κ3) is 2.95. The minimum Gasteiger partial charge on any atom is -0.478 e. The van der Waals surface area contributed by atoms with Crippen LogP contribution in [0.1, 0.15) is 34.6 Å². The number of nitrogens with one attached hydrogen (secondary N) is 1. The summed E-state index contributed by atoms with van der Waals surface area (Å²) >= 11 is 0. The number of hydrogen-bond acceptors (Lipinski definition) is 4. The normalized spacial score (nSPS) is 12.3. The van der Waals surface area contributed by atoms with Gasteiger partial charge in [0.25, 0.3) is 0 Å². The molecule has 0 fully saturated rings. The van der Waals surface area contributed by atoms with Crippen molar-refractivity contribution in [3.8, 4) is 0 Å². The monoisotopic (exact) mass is 246 g/mol. The topological polar surface area (TPSA) is 75.4 Å². The zero-order chi connectivity index (χ0) is 13.0. The highest BCUT2D eigenvalue weighted by molar-refractivity contribution is 5.87. The van der Waals surface area contributed by atoms with Crippen molar-refractivity contribution in [2.24, 2.45) is 0 Å².